The molecule has 0 fully saturated rings. The van der Waals surface area contributed by atoms with Gasteiger partial charge < -0.3 is 15.9 Å². The van der Waals surface area contributed by atoms with Crippen LogP contribution in [0.3, 0.4) is 0 Å². The van der Waals surface area contributed by atoms with Crippen molar-refractivity contribution >= 4 is 22.9 Å². The predicted molar refractivity (Wildman–Crippen MR) is 140 cm³/mol. The molecule has 1 unspecified atom stereocenters. The van der Waals surface area contributed by atoms with Crippen molar-refractivity contribution in [3.63, 3.8) is 0 Å². The summed E-state index contributed by atoms with van der Waals surface area (Å²) in [5, 5.41) is 8.98. The molecule has 4 aromatic carbocycles. The van der Waals surface area contributed by atoms with E-state index in [2.05, 4.69) is 52.9 Å². The summed E-state index contributed by atoms with van der Waals surface area (Å²) >= 11 is 0. The van der Waals surface area contributed by atoms with Gasteiger partial charge in [-0.2, -0.15) is 5.10 Å². The van der Waals surface area contributed by atoms with Crippen LogP contribution in [0.5, 0.6) is 5.75 Å². The number of carbonyl (C=O) groups is 1. The van der Waals surface area contributed by atoms with E-state index in [1.165, 1.54) is 5.56 Å². The molecule has 0 heterocycles. The molecule has 5 nitrogen and oxygen atoms in total. The molecule has 0 aliphatic heterocycles. The van der Waals surface area contributed by atoms with E-state index in [9.17, 15) is 4.79 Å². The Labute approximate surface area is 205 Å². The summed E-state index contributed by atoms with van der Waals surface area (Å²) in [4.78, 5) is 13.0. The monoisotopic (exact) mass is 463 g/mol. The van der Waals surface area contributed by atoms with Crippen molar-refractivity contribution in [1.29, 1.82) is 0 Å². The number of fused-ring (bicyclic) bond motifs is 2. The van der Waals surface area contributed by atoms with Gasteiger partial charge in [0.25, 0.3) is 0 Å². The van der Waals surface area contributed by atoms with Crippen LogP contribution in [0.25, 0.3) is 10.8 Å². The Morgan fingerprint density at radius 3 is 2.66 bits per heavy atom. The third-order valence-electron chi connectivity index (χ3n) is 6.62. The summed E-state index contributed by atoms with van der Waals surface area (Å²) in [7, 11) is 0. The second-order valence-corrected chi connectivity index (χ2v) is 9.02. The summed E-state index contributed by atoms with van der Waals surface area (Å²) in [6.07, 6.45) is 4.52. The van der Waals surface area contributed by atoms with Crippen molar-refractivity contribution < 1.29 is 9.53 Å². The van der Waals surface area contributed by atoms with Crippen molar-refractivity contribution in [1.82, 2.24) is 5.32 Å². The first kappa shape index (κ1) is 22.7. The van der Waals surface area contributed by atoms with Gasteiger partial charge in [0.15, 0.2) is 0 Å². The van der Waals surface area contributed by atoms with E-state index in [0.717, 1.165) is 58.0 Å². The van der Waals surface area contributed by atoms with E-state index < -0.39 is 0 Å². The van der Waals surface area contributed by atoms with Gasteiger partial charge in [-0.05, 0) is 82.1 Å². The number of aryl methyl sites for hydroxylation is 1. The van der Waals surface area contributed by atoms with Crippen LogP contribution in [-0.2, 0) is 24.4 Å². The summed E-state index contributed by atoms with van der Waals surface area (Å²) in [5.74, 6) is 6.00. The lowest BCUT2D eigenvalue weighted by molar-refractivity contribution is -0.123. The number of amides is 1. The number of hydrogen-bond acceptors (Lipinski definition) is 4. The van der Waals surface area contributed by atoms with Crippen LogP contribution in [0, 0.1) is 0 Å². The molecule has 0 radical (unpaired) electrons. The molecular formula is C30H29N3O2. The first-order valence-electron chi connectivity index (χ1n) is 12.0. The Bertz CT molecular complexity index is 1360. The third-order valence-corrected chi connectivity index (χ3v) is 6.62. The number of nitrogens with one attached hydrogen (secondary N) is 1. The predicted octanol–water partition coefficient (Wildman–Crippen LogP) is 5.45. The van der Waals surface area contributed by atoms with Gasteiger partial charge in [0.1, 0.15) is 12.4 Å². The first-order chi connectivity index (χ1) is 17.2. The van der Waals surface area contributed by atoms with Gasteiger partial charge in [0, 0.05) is 6.54 Å². The van der Waals surface area contributed by atoms with Crippen LogP contribution < -0.4 is 15.9 Å². The van der Waals surface area contributed by atoms with Crippen molar-refractivity contribution in [2.24, 2.45) is 10.9 Å². The number of hydrazone groups is 1. The quantitative estimate of drug-likeness (QED) is 0.217. The SMILES string of the molecule is NN=Cc1ccc2cc(COc3ccc4c(c3)C(C(=O)NCc3ccccc3)CCC4)ccc2c1. The van der Waals surface area contributed by atoms with Crippen LogP contribution in [-0.4, -0.2) is 12.1 Å². The molecule has 176 valence electrons. The van der Waals surface area contributed by atoms with Gasteiger partial charge in [0.2, 0.25) is 5.91 Å². The lowest BCUT2D eigenvalue weighted by atomic mass is 9.82. The minimum Gasteiger partial charge on any atom is -0.489 e. The largest absolute Gasteiger partial charge is 0.489 e. The second-order valence-electron chi connectivity index (χ2n) is 9.02. The average molecular weight is 464 g/mol. The van der Waals surface area contributed by atoms with Gasteiger partial charge in [-0.1, -0.05) is 60.7 Å². The van der Waals surface area contributed by atoms with Gasteiger partial charge in [-0.15, -0.1) is 0 Å². The first-order valence-corrected chi connectivity index (χ1v) is 12.0. The lowest BCUT2D eigenvalue weighted by Crippen LogP contribution is -2.31. The maximum atomic E-state index is 13.0. The third kappa shape index (κ3) is 5.35. The van der Waals surface area contributed by atoms with Crippen LogP contribution in [0.2, 0.25) is 0 Å². The summed E-state index contributed by atoms with van der Waals surface area (Å²) in [6.45, 7) is 1.01. The number of ether oxygens (including phenoxy) is 1. The molecule has 0 aromatic heterocycles. The minimum atomic E-state index is -0.141. The molecule has 5 rings (SSSR count). The molecule has 4 aromatic rings. The highest BCUT2D eigenvalue weighted by Gasteiger charge is 2.26. The van der Waals surface area contributed by atoms with Crippen LogP contribution in [0.1, 0.15) is 46.6 Å². The molecule has 1 aliphatic carbocycles. The molecular weight excluding hydrogens is 434 g/mol. The number of nitrogens with zero attached hydrogens (tertiary/aromatic N) is 1. The molecule has 0 saturated heterocycles. The molecule has 0 spiro atoms. The topological polar surface area (TPSA) is 76.7 Å². The fourth-order valence-electron chi connectivity index (χ4n) is 4.78. The van der Waals surface area contributed by atoms with E-state index in [0.29, 0.717) is 13.2 Å². The van der Waals surface area contributed by atoms with Gasteiger partial charge in [0.05, 0.1) is 12.1 Å². The minimum absolute atomic E-state index is 0.0838. The number of nitrogens with two attached hydrogens (primary N) is 1. The van der Waals surface area contributed by atoms with Crippen LogP contribution >= 0.6 is 0 Å². The molecule has 3 N–H and O–H groups in total. The van der Waals surface area contributed by atoms with Gasteiger partial charge >= 0.3 is 0 Å². The molecule has 35 heavy (non-hydrogen) atoms. The van der Waals surface area contributed by atoms with Crippen molar-refractivity contribution in [2.75, 3.05) is 0 Å². The molecule has 1 aliphatic rings. The Hall–Kier alpha value is -4.12. The number of carbonyl (C=O) groups excluding carboxylic acids is 1. The summed E-state index contributed by atoms with van der Waals surface area (Å²) in [6, 6.07) is 28.6. The van der Waals surface area contributed by atoms with Gasteiger partial charge in [-0.25, -0.2) is 0 Å². The van der Waals surface area contributed by atoms with E-state index in [1.54, 1.807) is 6.21 Å². The lowest BCUT2D eigenvalue weighted by Gasteiger charge is -2.25. The smallest absolute Gasteiger partial charge is 0.227 e. The highest BCUT2D eigenvalue weighted by Crippen LogP contribution is 2.34. The molecule has 1 atom stereocenters. The van der Waals surface area contributed by atoms with E-state index in [1.807, 2.05) is 42.5 Å². The normalized spacial score (nSPS) is 15.1. The number of hydrogen-bond donors (Lipinski definition) is 2. The van der Waals surface area contributed by atoms with Crippen LogP contribution in [0.4, 0.5) is 0 Å². The van der Waals surface area contributed by atoms with Crippen molar-refractivity contribution in [2.45, 2.75) is 38.3 Å². The molecule has 1 amide bonds. The van der Waals surface area contributed by atoms with Gasteiger partial charge in [-0.3, -0.25) is 4.79 Å². The van der Waals surface area contributed by atoms with E-state index >= 15 is 0 Å². The summed E-state index contributed by atoms with van der Waals surface area (Å²) in [5.41, 5.74) is 5.50. The summed E-state index contributed by atoms with van der Waals surface area (Å²) < 4.78 is 6.16. The zero-order valence-electron chi connectivity index (χ0n) is 19.6. The molecule has 0 bridgehead atoms. The van der Waals surface area contributed by atoms with Crippen molar-refractivity contribution in [3.8, 4) is 5.75 Å². The van der Waals surface area contributed by atoms with Crippen molar-refractivity contribution in [3.05, 3.63) is 113 Å². The average Bonchev–Trinajstić information content (AvgIpc) is 2.91. The Morgan fingerprint density at radius 1 is 0.971 bits per heavy atom. The van der Waals surface area contributed by atoms with E-state index in [-0.39, 0.29) is 11.8 Å². The Morgan fingerprint density at radius 2 is 1.80 bits per heavy atom. The highest BCUT2D eigenvalue weighted by molar-refractivity contribution is 5.90. The highest BCUT2D eigenvalue weighted by atomic mass is 16.5. The zero-order chi connectivity index (χ0) is 24.0. The molecule has 0 saturated carbocycles. The maximum absolute atomic E-state index is 13.0. The second kappa shape index (κ2) is 10.4. The maximum Gasteiger partial charge on any atom is 0.227 e. The van der Waals surface area contributed by atoms with E-state index in [4.69, 9.17) is 10.6 Å². The fourth-order valence-corrected chi connectivity index (χ4v) is 4.78. The Balaban J connectivity index is 1.27. The van der Waals surface area contributed by atoms with Crippen LogP contribution in [0.15, 0.2) is 90.0 Å². The standard InChI is InChI=1S/C30H29N3O2/c31-33-19-22-9-11-26-16-23(10-12-25(26)15-22)20-35-27-14-13-24-7-4-8-28(29(24)17-27)30(34)32-18-21-5-2-1-3-6-21/h1-3,5-6,9-17,19,28H,4,7-8,18,20,31H2,(H,32,34). The number of rotatable bonds is 7. The zero-order valence-corrected chi connectivity index (χ0v) is 19.6. The number of benzene rings is 4. The fraction of sp³-hybridized carbons (Fsp3) is 0.200. The molecule has 5 heteroatoms. The Kier molecular flexibility index (Phi) is 6.75.